The van der Waals surface area contributed by atoms with Gasteiger partial charge in [0.25, 0.3) is 0 Å². The second kappa shape index (κ2) is 24.0. The van der Waals surface area contributed by atoms with E-state index in [2.05, 4.69) is 19.9 Å². The van der Waals surface area contributed by atoms with Gasteiger partial charge < -0.3 is 9.84 Å². The summed E-state index contributed by atoms with van der Waals surface area (Å²) in [6.45, 7) is 4.50. The zero-order valence-corrected chi connectivity index (χ0v) is 23.9. The zero-order chi connectivity index (χ0) is 26.1. The van der Waals surface area contributed by atoms with Crippen LogP contribution >= 0.6 is 0 Å². The summed E-state index contributed by atoms with van der Waals surface area (Å²) in [7, 11) is 0. The number of hydrogen-bond acceptors (Lipinski definition) is 3. The van der Waals surface area contributed by atoms with E-state index >= 15 is 0 Å². The SMILES string of the molecule is CCCCCCCCCc1ccccc1OC(=O)CCCCCCCCC(O)CCCCCCCC. The predicted octanol–water partition coefficient (Wildman–Crippen LogP) is 10.1. The molecule has 0 aliphatic carbocycles. The highest BCUT2D eigenvalue weighted by Gasteiger charge is 2.09. The van der Waals surface area contributed by atoms with E-state index in [1.165, 1.54) is 89.9 Å². The molecule has 0 bridgehead atoms. The number of aliphatic hydroxyl groups excluding tert-OH is 1. The lowest BCUT2D eigenvalue weighted by Gasteiger charge is -2.11. The van der Waals surface area contributed by atoms with E-state index in [4.69, 9.17) is 4.74 Å². The third-order valence-corrected chi connectivity index (χ3v) is 7.31. The van der Waals surface area contributed by atoms with E-state index in [-0.39, 0.29) is 12.1 Å². The lowest BCUT2D eigenvalue weighted by molar-refractivity contribution is -0.134. The second-order valence-electron chi connectivity index (χ2n) is 10.8. The summed E-state index contributed by atoms with van der Waals surface area (Å²) in [5.41, 5.74) is 1.16. The summed E-state index contributed by atoms with van der Waals surface area (Å²) in [5.74, 6) is 0.660. The molecule has 1 N–H and O–H groups in total. The van der Waals surface area contributed by atoms with Crippen molar-refractivity contribution in [3.05, 3.63) is 29.8 Å². The Morgan fingerprint density at radius 1 is 0.667 bits per heavy atom. The molecule has 0 fully saturated rings. The number of unbranched alkanes of at least 4 members (excludes halogenated alkanes) is 16. The van der Waals surface area contributed by atoms with Gasteiger partial charge in [-0.15, -0.1) is 0 Å². The van der Waals surface area contributed by atoms with Crippen molar-refractivity contribution in [2.24, 2.45) is 0 Å². The summed E-state index contributed by atoms with van der Waals surface area (Å²) in [5, 5.41) is 10.1. The minimum atomic E-state index is -0.111. The van der Waals surface area contributed by atoms with Crippen LogP contribution in [-0.4, -0.2) is 17.2 Å². The van der Waals surface area contributed by atoms with Crippen molar-refractivity contribution in [1.29, 1.82) is 0 Å². The number of ether oxygens (including phenoxy) is 1. The highest BCUT2D eigenvalue weighted by atomic mass is 16.5. The van der Waals surface area contributed by atoms with Crippen LogP contribution in [0, 0.1) is 0 Å². The van der Waals surface area contributed by atoms with Crippen molar-refractivity contribution in [1.82, 2.24) is 0 Å². The normalized spacial score (nSPS) is 12.1. The Kier molecular flexibility index (Phi) is 21.8. The Morgan fingerprint density at radius 2 is 1.14 bits per heavy atom. The summed E-state index contributed by atoms with van der Waals surface area (Å²) >= 11 is 0. The number of para-hydroxylation sites is 1. The van der Waals surface area contributed by atoms with Gasteiger partial charge in [-0.3, -0.25) is 4.79 Å². The van der Waals surface area contributed by atoms with E-state index in [1.807, 2.05) is 18.2 Å². The molecule has 208 valence electrons. The minimum absolute atomic E-state index is 0.0974. The molecule has 0 heterocycles. The average Bonchev–Trinajstić information content (AvgIpc) is 2.88. The van der Waals surface area contributed by atoms with Gasteiger partial charge in [0, 0.05) is 6.42 Å². The largest absolute Gasteiger partial charge is 0.426 e. The van der Waals surface area contributed by atoms with Crippen LogP contribution in [0.25, 0.3) is 0 Å². The Balaban J connectivity index is 2.04. The topological polar surface area (TPSA) is 46.5 Å². The van der Waals surface area contributed by atoms with Crippen molar-refractivity contribution in [3.8, 4) is 5.75 Å². The molecule has 0 saturated heterocycles. The van der Waals surface area contributed by atoms with Crippen LogP contribution in [0.1, 0.15) is 161 Å². The molecule has 0 amide bonds. The number of esters is 1. The molecule has 3 heteroatoms. The van der Waals surface area contributed by atoms with Gasteiger partial charge in [-0.1, -0.05) is 141 Å². The number of benzene rings is 1. The Morgan fingerprint density at radius 3 is 1.72 bits per heavy atom. The number of carbonyl (C=O) groups excluding carboxylic acids is 1. The number of aryl methyl sites for hydroxylation is 1. The fourth-order valence-corrected chi connectivity index (χ4v) is 4.92. The van der Waals surface area contributed by atoms with Crippen LogP contribution in [0.4, 0.5) is 0 Å². The van der Waals surface area contributed by atoms with E-state index in [9.17, 15) is 9.90 Å². The van der Waals surface area contributed by atoms with Gasteiger partial charge in [0.2, 0.25) is 0 Å². The third-order valence-electron chi connectivity index (χ3n) is 7.31. The van der Waals surface area contributed by atoms with E-state index < -0.39 is 0 Å². The fraction of sp³-hybridized carbons (Fsp3) is 0.788. The molecule has 1 unspecified atom stereocenters. The zero-order valence-electron chi connectivity index (χ0n) is 23.9. The van der Waals surface area contributed by atoms with Crippen molar-refractivity contribution >= 4 is 5.97 Å². The molecular formula is C33H58O3. The molecule has 0 aliphatic heterocycles. The molecule has 0 spiro atoms. The predicted molar refractivity (Wildman–Crippen MR) is 155 cm³/mol. The quantitative estimate of drug-likeness (QED) is 0.0821. The first kappa shape index (κ1) is 32.7. The Hall–Kier alpha value is -1.35. The number of aliphatic hydroxyl groups is 1. The number of carbonyl (C=O) groups is 1. The number of hydrogen-bond donors (Lipinski definition) is 1. The molecule has 0 saturated carbocycles. The van der Waals surface area contributed by atoms with Crippen molar-refractivity contribution in [3.63, 3.8) is 0 Å². The van der Waals surface area contributed by atoms with E-state index in [0.717, 1.165) is 62.7 Å². The van der Waals surface area contributed by atoms with Crippen LogP contribution in [0.5, 0.6) is 5.75 Å². The maximum Gasteiger partial charge on any atom is 0.311 e. The summed E-state index contributed by atoms with van der Waals surface area (Å²) in [6, 6.07) is 8.04. The molecule has 0 aromatic heterocycles. The average molecular weight is 503 g/mol. The van der Waals surface area contributed by atoms with Crippen LogP contribution in [0.2, 0.25) is 0 Å². The Labute approximate surface area is 223 Å². The smallest absolute Gasteiger partial charge is 0.311 e. The highest BCUT2D eigenvalue weighted by molar-refractivity contribution is 5.72. The second-order valence-corrected chi connectivity index (χ2v) is 10.8. The van der Waals surface area contributed by atoms with Crippen LogP contribution in [-0.2, 0) is 11.2 Å². The molecule has 3 nitrogen and oxygen atoms in total. The lowest BCUT2D eigenvalue weighted by Crippen LogP contribution is -2.09. The maximum atomic E-state index is 12.4. The summed E-state index contributed by atoms with van der Waals surface area (Å²) < 4.78 is 5.72. The third kappa shape index (κ3) is 18.9. The van der Waals surface area contributed by atoms with Crippen LogP contribution < -0.4 is 4.74 Å². The molecular weight excluding hydrogens is 444 g/mol. The first-order valence-corrected chi connectivity index (χ1v) is 15.6. The van der Waals surface area contributed by atoms with Gasteiger partial charge in [0.1, 0.15) is 5.75 Å². The standard InChI is InChI=1S/C33H58O3/c1-3-5-7-9-11-14-18-24-30-25-22-23-28-32(30)36-33(35)29-21-17-13-12-16-20-27-31(34)26-19-15-10-8-6-4-2/h22-23,25,28,31,34H,3-21,24,26-27,29H2,1-2H3. The van der Waals surface area contributed by atoms with Gasteiger partial charge in [-0.05, 0) is 43.7 Å². The van der Waals surface area contributed by atoms with Gasteiger partial charge in [-0.25, -0.2) is 0 Å². The van der Waals surface area contributed by atoms with Crippen LogP contribution in [0.15, 0.2) is 24.3 Å². The fourth-order valence-electron chi connectivity index (χ4n) is 4.92. The van der Waals surface area contributed by atoms with Gasteiger partial charge in [0.05, 0.1) is 6.10 Å². The molecule has 1 aromatic carbocycles. The first-order chi connectivity index (χ1) is 17.7. The first-order valence-electron chi connectivity index (χ1n) is 15.6. The lowest BCUT2D eigenvalue weighted by atomic mass is 10.0. The molecule has 0 radical (unpaired) electrons. The molecule has 1 aromatic rings. The summed E-state index contributed by atoms with van der Waals surface area (Å²) in [4.78, 5) is 12.4. The van der Waals surface area contributed by atoms with E-state index in [1.54, 1.807) is 0 Å². The van der Waals surface area contributed by atoms with Crippen LogP contribution in [0.3, 0.4) is 0 Å². The molecule has 1 atom stereocenters. The van der Waals surface area contributed by atoms with Crippen molar-refractivity contribution in [2.75, 3.05) is 0 Å². The summed E-state index contributed by atoms with van der Waals surface area (Å²) in [6.07, 6.45) is 26.7. The highest BCUT2D eigenvalue weighted by Crippen LogP contribution is 2.22. The molecule has 36 heavy (non-hydrogen) atoms. The Bertz CT molecular complexity index is 627. The van der Waals surface area contributed by atoms with Gasteiger partial charge in [0.15, 0.2) is 0 Å². The van der Waals surface area contributed by atoms with Crippen molar-refractivity contribution < 1.29 is 14.6 Å². The molecule has 0 aliphatic rings. The monoisotopic (exact) mass is 502 g/mol. The molecule has 1 rings (SSSR count). The van der Waals surface area contributed by atoms with Crippen molar-refractivity contribution in [2.45, 2.75) is 168 Å². The number of rotatable bonds is 25. The van der Waals surface area contributed by atoms with Gasteiger partial charge in [-0.2, -0.15) is 0 Å². The minimum Gasteiger partial charge on any atom is -0.426 e. The van der Waals surface area contributed by atoms with Gasteiger partial charge >= 0.3 is 5.97 Å². The maximum absolute atomic E-state index is 12.4. The van der Waals surface area contributed by atoms with E-state index in [0.29, 0.717) is 6.42 Å².